The highest BCUT2D eigenvalue weighted by molar-refractivity contribution is 6.69. The number of aryl methyl sites for hydroxylation is 1. The van der Waals surface area contributed by atoms with Gasteiger partial charge in [-0.2, -0.15) is 5.10 Å². The van der Waals surface area contributed by atoms with Crippen molar-refractivity contribution < 1.29 is 5.21 Å². The first kappa shape index (κ1) is 8.07. The third kappa shape index (κ3) is 1.35. The summed E-state index contributed by atoms with van der Waals surface area (Å²) in [6.07, 6.45) is 1.55. The van der Waals surface area contributed by atoms with Crippen LogP contribution in [0, 0.1) is 6.92 Å². The monoisotopic (exact) mass is 173 g/mol. The Labute approximate surface area is 69.1 Å². The number of nitrogens with zero attached hydrogens (tertiary/aromatic N) is 3. The van der Waals surface area contributed by atoms with Crippen LogP contribution in [-0.4, -0.2) is 20.2 Å². The fraction of sp³-hybridized carbons (Fsp3) is 0.333. The zero-order valence-electron chi connectivity index (χ0n) is 6.24. The fourth-order valence-corrected chi connectivity index (χ4v) is 0.941. The molecule has 0 radical (unpaired) electrons. The topological polar surface area (TPSA) is 50.4 Å². The number of hydrogen-bond acceptors (Lipinski definition) is 3. The molecule has 0 unspecified atom stereocenters. The number of hydrogen-bond donors (Lipinski definition) is 1. The van der Waals surface area contributed by atoms with Crippen molar-refractivity contribution in [3.63, 3.8) is 0 Å². The van der Waals surface area contributed by atoms with Gasteiger partial charge in [0.2, 0.25) is 0 Å². The summed E-state index contributed by atoms with van der Waals surface area (Å²) < 4.78 is 1.66. The predicted octanol–water partition coefficient (Wildman–Crippen LogP) is 1.10. The van der Waals surface area contributed by atoms with Crippen LogP contribution in [0.4, 0.5) is 0 Å². The van der Waals surface area contributed by atoms with E-state index in [0.29, 0.717) is 5.56 Å². The smallest absolute Gasteiger partial charge is 0.178 e. The van der Waals surface area contributed by atoms with Crippen LogP contribution in [0.25, 0.3) is 0 Å². The first-order chi connectivity index (χ1) is 5.16. The molecule has 4 nitrogen and oxygen atoms in total. The largest absolute Gasteiger partial charge is 0.410 e. The molecule has 0 saturated carbocycles. The van der Waals surface area contributed by atoms with E-state index in [1.165, 1.54) is 0 Å². The molecule has 1 aromatic rings. The standard InChI is InChI=1S/C6H8ClN3O/c1-4-5(6(7)9-11)3-8-10(4)2/h3,11H,1-2H3/b9-6+. The van der Waals surface area contributed by atoms with Crippen LogP contribution in [-0.2, 0) is 7.05 Å². The summed E-state index contributed by atoms with van der Waals surface area (Å²) in [6.45, 7) is 1.84. The van der Waals surface area contributed by atoms with Gasteiger partial charge >= 0.3 is 0 Å². The molecule has 60 valence electrons. The van der Waals surface area contributed by atoms with Crippen molar-refractivity contribution in [2.45, 2.75) is 6.92 Å². The maximum atomic E-state index is 8.34. The summed E-state index contributed by atoms with van der Waals surface area (Å²) in [5, 5.41) is 15.2. The van der Waals surface area contributed by atoms with E-state index in [1.54, 1.807) is 17.9 Å². The fourth-order valence-electron chi connectivity index (χ4n) is 0.755. The van der Waals surface area contributed by atoms with Crippen molar-refractivity contribution in [2.75, 3.05) is 0 Å². The second-order valence-electron chi connectivity index (χ2n) is 2.16. The number of rotatable bonds is 1. The van der Waals surface area contributed by atoms with Gasteiger partial charge in [-0.05, 0) is 6.92 Å². The molecule has 1 rings (SSSR count). The summed E-state index contributed by atoms with van der Waals surface area (Å²) in [5.74, 6) is 0. The molecule has 11 heavy (non-hydrogen) atoms. The van der Waals surface area contributed by atoms with E-state index >= 15 is 0 Å². The van der Waals surface area contributed by atoms with Crippen molar-refractivity contribution in [2.24, 2.45) is 12.2 Å². The van der Waals surface area contributed by atoms with Gasteiger partial charge in [0.15, 0.2) is 5.17 Å². The van der Waals surface area contributed by atoms with Crippen LogP contribution >= 0.6 is 11.6 Å². The highest BCUT2D eigenvalue weighted by atomic mass is 35.5. The van der Waals surface area contributed by atoms with Gasteiger partial charge in [-0.15, -0.1) is 0 Å². The molecule has 0 aliphatic carbocycles. The Morgan fingerprint density at radius 1 is 1.82 bits per heavy atom. The zero-order chi connectivity index (χ0) is 8.43. The van der Waals surface area contributed by atoms with Crippen LogP contribution in [0.1, 0.15) is 11.3 Å². The maximum absolute atomic E-state index is 8.34. The summed E-state index contributed by atoms with van der Waals surface area (Å²) in [5.41, 5.74) is 1.52. The van der Waals surface area contributed by atoms with E-state index in [2.05, 4.69) is 10.3 Å². The molecule has 5 heteroatoms. The summed E-state index contributed by atoms with van der Waals surface area (Å²) >= 11 is 5.56. The molecule has 0 amide bonds. The van der Waals surface area contributed by atoms with Crippen LogP contribution < -0.4 is 0 Å². The quantitative estimate of drug-likeness (QED) is 0.393. The van der Waals surface area contributed by atoms with E-state index in [4.69, 9.17) is 16.8 Å². The maximum Gasteiger partial charge on any atom is 0.178 e. The molecule has 0 atom stereocenters. The molecule has 0 aromatic carbocycles. The Hall–Kier alpha value is -1.03. The Balaban J connectivity index is 3.15. The van der Waals surface area contributed by atoms with Gasteiger partial charge in [0.05, 0.1) is 11.8 Å². The van der Waals surface area contributed by atoms with Gasteiger partial charge < -0.3 is 5.21 Å². The van der Waals surface area contributed by atoms with Gasteiger partial charge in [0.1, 0.15) is 0 Å². The summed E-state index contributed by atoms with van der Waals surface area (Å²) in [6, 6.07) is 0. The minimum atomic E-state index is 0.0654. The van der Waals surface area contributed by atoms with E-state index in [-0.39, 0.29) is 5.17 Å². The van der Waals surface area contributed by atoms with Crippen LogP contribution in [0.3, 0.4) is 0 Å². The van der Waals surface area contributed by atoms with Crippen molar-refractivity contribution in [3.8, 4) is 0 Å². The molecular weight excluding hydrogens is 166 g/mol. The van der Waals surface area contributed by atoms with Gasteiger partial charge in [0.25, 0.3) is 0 Å². The molecule has 0 saturated heterocycles. The van der Waals surface area contributed by atoms with Gasteiger partial charge in [-0.3, -0.25) is 4.68 Å². The van der Waals surface area contributed by atoms with Crippen molar-refractivity contribution >= 4 is 16.8 Å². The van der Waals surface area contributed by atoms with Gasteiger partial charge in [-0.1, -0.05) is 16.8 Å². The Morgan fingerprint density at radius 2 is 2.45 bits per heavy atom. The van der Waals surface area contributed by atoms with Gasteiger partial charge in [0, 0.05) is 12.7 Å². The normalized spacial score (nSPS) is 12.1. The molecule has 0 fully saturated rings. The lowest BCUT2D eigenvalue weighted by molar-refractivity contribution is 0.321. The third-order valence-electron chi connectivity index (χ3n) is 1.55. The zero-order valence-corrected chi connectivity index (χ0v) is 7.00. The molecular formula is C6H8ClN3O. The van der Waals surface area contributed by atoms with E-state index in [9.17, 15) is 0 Å². The minimum absolute atomic E-state index is 0.0654. The van der Waals surface area contributed by atoms with Crippen LogP contribution in [0.5, 0.6) is 0 Å². The molecule has 1 aromatic heterocycles. The molecule has 1 heterocycles. The highest BCUT2D eigenvalue weighted by Gasteiger charge is 2.07. The SMILES string of the molecule is Cc1c(/C(Cl)=N\O)cnn1C. The van der Waals surface area contributed by atoms with E-state index in [0.717, 1.165) is 5.69 Å². The lowest BCUT2D eigenvalue weighted by atomic mass is 10.3. The Morgan fingerprint density at radius 3 is 2.82 bits per heavy atom. The van der Waals surface area contributed by atoms with Crippen molar-refractivity contribution in [1.29, 1.82) is 0 Å². The number of aromatic nitrogens is 2. The average Bonchev–Trinajstić information content (AvgIpc) is 2.32. The molecule has 0 spiro atoms. The molecule has 0 bridgehead atoms. The second-order valence-corrected chi connectivity index (χ2v) is 2.52. The Kier molecular flexibility index (Phi) is 2.14. The van der Waals surface area contributed by atoms with Crippen LogP contribution in [0.2, 0.25) is 0 Å². The summed E-state index contributed by atoms with van der Waals surface area (Å²) in [4.78, 5) is 0. The van der Waals surface area contributed by atoms with Crippen molar-refractivity contribution in [3.05, 3.63) is 17.5 Å². The molecule has 0 aliphatic rings. The second kappa shape index (κ2) is 2.92. The van der Waals surface area contributed by atoms with Gasteiger partial charge in [-0.25, -0.2) is 0 Å². The molecule has 1 N–H and O–H groups in total. The lowest BCUT2D eigenvalue weighted by Crippen LogP contribution is -1.96. The minimum Gasteiger partial charge on any atom is -0.410 e. The highest BCUT2D eigenvalue weighted by Crippen LogP contribution is 2.09. The average molecular weight is 174 g/mol. The van der Waals surface area contributed by atoms with Crippen LogP contribution in [0.15, 0.2) is 11.4 Å². The first-order valence-corrected chi connectivity index (χ1v) is 3.41. The predicted molar refractivity (Wildman–Crippen MR) is 42.1 cm³/mol. The third-order valence-corrected chi connectivity index (χ3v) is 1.82. The first-order valence-electron chi connectivity index (χ1n) is 3.03. The Bertz CT molecular complexity index is 292. The number of oxime groups is 1. The van der Waals surface area contributed by atoms with E-state index in [1.807, 2.05) is 6.92 Å². The number of halogens is 1. The lowest BCUT2D eigenvalue weighted by Gasteiger charge is -1.94. The molecule has 0 aliphatic heterocycles. The summed E-state index contributed by atoms with van der Waals surface area (Å²) in [7, 11) is 1.79. The van der Waals surface area contributed by atoms with E-state index < -0.39 is 0 Å². The van der Waals surface area contributed by atoms with Crippen molar-refractivity contribution in [1.82, 2.24) is 9.78 Å².